The summed E-state index contributed by atoms with van der Waals surface area (Å²) in [6.07, 6.45) is 63.8. The number of esters is 3. The van der Waals surface area contributed by atoms with Gasteiger partial charge >= 0.3 is 17.9 Å². The maximum absolute atomic E-state index is 12.8. The van der Waals surface area contributed by atoms with Crippen LogP contribution < -0.4 is 0 Å². The Hall–Kier alpha value is -3.67. The molecule has 0 rings (SSSR count). The van der Waals surface area contributed by atoms with Crippen LogP contribution in [0.3, 0.4) is 0 Å². The Labute approximate surface area is 375 Å². The van der Waals surface area contributed by atoms with Crippen LogP contribution in [0.4, 0.5) is 0 Å². The number of ether oxygens (including phenoxy) is 3. The number of carbonyl (C=O) groups is 3. The van der Waals surface area contributed by atoms with Crippen LogP contribution >= 0.6 is 0 Å². The Morgan fingerprint density at radius 1 is 0.361 bits per heavy atom. The number of hydrogen-bond donors (Lipinski definition) is 0. The van der Waals surface area contributed by atoms with Crippen molar-refractivity contribution in [1.82, 2.24) is 0 Å². The molecule has 0 amide bonds. The van der Waals surface area contributed by atoms with Crippen LogP contribution in [0, 0.1) is 0 Å². The van der Waals surface area contributed by atoms with Gasteiger partial charge in [0.05, 0.1) is 0 Å². The Morgan fingerprint density at radius 2 is 0.721 bits per heavy atom. The quantitative estimate of drug-likeness (QED) is 0.0200. The molecule has 0 aliphatic heterocycles. The van der Waals surface area contributed by atoms with Gasteiger partial charge in [0.2, 0.25) is 0 Å². The van der Waals surface area contributed by atoms with E-state index in [1.807, 2.05) is 60.8 Å². The molecule has 6 heteroatoms. The van der Waals surface area contributed by atoms with Gasteiger partial charge < -0.3 is 14.2 Å². The van der Waals surface area contributed by atoms with Crippen molar-refractivity contribution < 1.29 is 28.6 Å². The molecular formula is C55H90O6. The summed E-state index contributed by atoms with van der Waals surface area (Å²) in [6, 6.07) is 0. The maximum Gasteiger partial charge on any atom is 0.306 e. The van der Waals surface area contributed by atoms with Gasteiger partial charge in [0, 0.05) is 19.3 Å². The average molecular weight is 847 g/mol. The van der Waals surface area contributed by atoms with E-state index in [1.165, 1.54) is 83.5 Å². The summed E-state index contributed by atoms with van der Waals surface area (Å²) in [5.74, 6) is -0.953. The standard InChI is InChI=1S/C55H90O6/c1-4-7-10-13-16-19-22-25-27-28-29-31-33-36-39-42-45-48-54(57)60-51-52(50-59-53(56)47-44-41-38-35-32-24-21-18-15-12-9-6-3)61-55(58)49-46-43-40-37-34-30-26-23-20-17-14-11-8-5-2/h7-8,10-11,13,16-17,19-20,22,25,27-29,31,33,52H,4-6,9,12,14-15,18,21,23-24,26,30,32,34-51H2,1-3H3/b10-7-,11-8-,16-13-,20-17-,22-19-,27-25-,29-28+,33-31-. The van der Waals surface area contributed by atoms with Crippen LogP contribution in [0.15, 0.2) is 97.2 Å². The average Bonchev–Trinajstić information content (AvgIpc) is 3.26. The first-order valence-electron chi connectivity index (χ1n) is 24.8. The zero-order chi connectivity index (χ0) is 44.4. The zero-order valence-corrected chi connectivity index (χ0v) is 39.4. The fourth-order valence-electron chi connectivity index (χ4n) is 6.57. The Kier molecular flexibility index (Phi) is 46.0. The topological polar surface area (TPSA) is 78.9 Å². The van der Waals surface area contributed by atoms with E-state index < -0.39 is 6.10 Å². The third kappa shape index (κ3) is 47.2. The van der Waals surface area contributed by atoms with Crippen molar-refractivity contribution in [3.8, 4) is 0 Å². The van der Waals surface area contributed by atoms with E-state index in [0.29, 0.717) is 19.3 Å². The SMILES string of the molecule is CC\C=C/C=C\C=C/C=C\C=C\C=C/CCCCCC(=O)OCC(COC(=O)CCCCCCCCCCCCCC)OC(=O)CCCCCCCCC/C=C\C/C=C\CC. The number of rotatable bonds is 43. The highest BCUT2D eigenvalue weighted by Gasteiger charge is 2.19. The van der Waals surface area contributed by atoms with E-state index in [4.69, 9.17) is 14.2 Å². The summed E-state index contributed by atoms with van der Waals surface area (Å²) in [4.78, 5) is 37.9. The fraction of sp³-hybridized carbons (Fsp3) is 0.655. The molecule has 0 spiro atoms. The van der Waals surface area contributed by atoms with Crippen LogP contribution in [0.2, 0.25) is 0 Å². The van der Waals surface area contributed by atoms with Crippen molar-refractivity contribution in [2.75, 3.05) is 13.2 Å². The fourth-order valence-corrected chi connectivity index (χ4v) is 6.57. The van der Waals surface area contributed by atoms with Gasteiger partial charge in [0.25, 0.3) is 0 Å². The lowest BCUT2D eigenvalue weighted by Crippen LogP contribution is -2.30. The van der Waals surface area contributed by atoms with Gasteiger partial charge in [-0.25, -0.2) is 0 Å². The molecule has 0 bridgehead atoms. The summed E-state index contributed by atoms with van der Waals surface area (Å²) in [5.41, 5.74) is 0. The highest BCUT2D eigenvalue weighted by molar-refractivity contribution is 5.71. The summed E-state index contributed by atoms with van der Waals surface area (Å²) >= 11 is 0. The van der Waals surface area contributed by atoms with Gasteiger partial charge in [0.1, 0.15) is 13.2 Å². The van der Waals surface area contributed by atoms with E-state index in [2.05, 4.69) is 57.2 Å². The van der Waals surface area contributed by atoms with Crippen LogP contribution in [0.1, 0.15) is 213 Å². The molecule has 1 atom stereocenters. The molecule has 0 aromatic carbocycles. The lowest BCUT2D eigenvalue weighted by atomic mass is 10.0. The first-order valence-corrected chi connectivity index (χ1v) is 24.8. The van der Waals surface area contributed by atoms with Gasteiger partial charge in [-0.2, -0.15) is 0 Å². The lowest BCUT2D eigenvalue weighted by molar-refractivity contribution is -0.167. The van der Waals surface area contributed by atoms with Crippen LogP contribution in [0.5, 0.6) is 0 Å². The van der Waals surface area contributed by atoms with E-state index in [9.17, 15) is 14.4 Å². The molecule has 0 aliphatic carbocycles. The molecule has 61 heavy (non-hydrogen) atoms. The van der Waals surface area contributed by atoms with E-state index in [0.717, 1.165) is 89.9 Å². The van der Waals surface area contributed by atoms with Crippen molar-refractivity contribution in [1.29, 1.82) is 0 Å². The zero-order valence-electron chi connectivity index (χ0n) is 39.4. The Bertz CT molecular complexity index is 1250. The molecule has 0 heterocycles. The van der Waals surface area contributed by atoms with Crippen molar-refractivity contribution in [2.45, 2.75) is 219 Å². The van der Waals surface area contributed by atoms with Crippen molar-refractivity contribution in [3.05, 3.63) is 97.2 Å². The van der Waals surface area contributed by atoms with Crippen LogP contribution in [-0.4, -0.2) is 37.2 Å². The third-order valence-corrected chi connectivity index (χ3v) is 10.2. The summed E-state index contributed by atoms with van der Waals surface area (Å²) in [5, 5.41) is 0. The van der Waals surface area contributed by atoms with Crippen molar-refractivity contribution in [3.63, 3.8) is 0 Å². The first kappa shape index (κ1) is 57.3. The number of unbranched alkanes of at least 4 members (excludes halogenated alkanes) is 21. The minimum atomic E-state index is -0.798. The minimum absolute atomic E-state index is 0.0949. The Morgan fingerprint density at radius 3 is 1.20 bits per heavy atom. The molecule has 0 aromatic heterocycles. The molecule has 0 radical (unpaired) electrons. The number of carbonyl (C=O) groups excluding carboxylic acids is 3. The second kappa shape index (κ2) is 49.0. The molecule has 0 aliphatic rings. The second-order valence-electron chi connectivity index (χ2n) is 16.1. The molecule has 346 valence electrons. The summed E-state index contributed by atoms with van der Waals surface area (Å²) < 4.78 is 16.7. The van der Waals surface area contributed by atoms with Gasteiger partial charge in [-0.1, -0.05) is 227 Å². The Balaban J connectivity index is 4.49. The molecular weight excluding hydrogens is 757 g/mol. The molecule has 1 unspecified atom stereocenters. The predicted molar refractivity (Wildman–Crippen MR) is 260 cm³/mol. The van der Waals surface area contributed by atoms with Gasteiger partial charge in [-0.3, -0.25) is 14.4 Å². The highest BCUT2D eigenvalue weighted by atomic mass is 16.6. The van der Waals surface area contributed by atoms with E-state index in [1.54, 1.807) is 0 Å². The monoisotopic (exact) mass is 847 g/mol. The predicted octanol–water partition coefficient (Wildman–Crippen LogP) is 16.2. The smallest absolute Gasteiger partial charge is 0.306 e. The van der Waals surface area contributed by atoms with Gasteiger partial charge in [-0.15, -0.1) is 0 Å². The normalized spacial score (nSPS) is 12.9. The van der Waals surface area contributed by atoms with Gasteiger partial charge in [0.15, 0.2) is 6.10 Å². The van der Waals surface area contributed by atoms with Crippen LogP contribution in [-0.2, 0) is 28.6 Å². The molecule has 0 saturated carbocycles. The number of hydrogen-bond acceptors (Lipinski definition) is 6. The van der Waals surface area contributed by atoms with E-state index in [-0.39, 0.29) is 31.1 Å². The molecule has 0 saturated heterocycles. The third-order valence-electron chi connectivity index (χ3n) is 10.2. The van der Waals surface area contributed by atoms with Gasteiger partial charge in [-0.05, 0) is 64.2 Å². The first-order chi connectivity index (χ1) is 30.0. The molecule has 0 fully saturated rings. The molecule has 0 N–H and O–H groups in total. The largest absolute Gasteiger partial charge is 0.462 e. The second-order valence-corrected chi connectivity index (χ2v) is 16.1. The van der Waals surface area contributed by atoms with Crippen LogP contribution in [0.25, 0.3) is 0 Å². The van der Waals surface area contributed by atoms with E-state index >= 15 is 0 Å². The van der Waals surface area contributed by atoms with Crippen molar-refractivity contribution in [2.24, 2.45) is 0 Å². The molecule has 0 aromatic rings. The summed E-state index contributed by atoms with van der Waals surface area (Å²) in [7, 11) is 0. The van der Waals surface area contributed by atoms with Crippen molar-refractivity contribution >= 4 is 17.9 Å². The minimum Gasteiger partial charge on any atom is -0.462 e. The molecule has 6 nitrogen and oxygen atoms in total. The summed E-state index contributed by atoms with van der Waals surface area (Å²) in [6.45, 7) is 6.33. The lowest BCUT2D eigenvalue weighted by Gasteiger charge is -2.18. The number of allylic oxidation sites excluding steroid dienone is 16. The highest BCUT2D eigenvalue weighted by Crippen LogP contribution is 2.14. The maximum atomic E-state index is 12.8.